The summed E-state index contributed by atoms with van der Waals surface area (Å²) in [6, 6.07) is 17.9. The van der Waals surface area contributed by atoms with Crippen LogP contribution in [-0.2, 0) is 4.79 Å². The minimum Gasteiger partial charge on any atom is -0.268 e. The maximum absolute atomic E-state index is 13.0. The van der Waals surface area contributed by atoms with E-state index in [-0.39, 0.29) is 5.56 Å². The number of carbonyl (C=O) groups is 1. The van der Waals surface area contributed by atoms with Gasteiger partial charge in [-0.25, -0.2) is 4.98 Å². The minimum atomic E-state index is -0.438. The normalized spacial score (nSPS) is 11.2. The molecule has 0 saturated heterocycles. The number of fused-ring (bicyclic) bond motifs is 1. The molecule has 0 unspecified atom stereocenters. The van der Waals surface area contributed by atoms with E-state index in [1.54, 1.807) is 48.5 Å². The lowest BCUT2D eigenvalue weighted by Crippen LogP contribution is -2.34. The largest absolute Gasteiger partial charge is 0.280 e. The van der Waals surface area contributed by atoms with Crippen LogP contribution in [0.1, 0.15) is 5.56 Å². The summed E-state index contributed by atoms with van der Waals surface area (Å²) in [4.78, 5) is 30.8. The first kappa shape index (κ1) is 18.2. The summed E-state index contributed by atoms with van der Waals surface area (Å²) in [5, 5.41) is 2.95. The number of thiophene rings is 1. The lowest BCUT2D eigenvalue weighted by Gasteiger charge is -2.12. The summed E-state index contributed by atoms with van der Waals surface area (Å²) >= 11 is 7.31. The van der Waals surface area contributed by atoms with Gasteiger partial charge in [0.15, 0.2) is 5.82 Å². The van der Waals surface area contributed by atoms with Crippen LogP contribution in [0.25, 0.3) is 27.7 Å². The second-order valence-electron chi connectivity index (χ2n) is 5.93. The van der Waals surface area contributed by atoms with Crippen LogP contribution in [0.5, 0.6) is 0 Å². The number of nitrogens with zero attached hydrogens (tertiary/aromatic N) is 2. The maximum atomic E-state index is 13.0. The Balaban J connectivity index is 1.72. The third kappa shape index (κ3) is 3.74. The van der Waals surface area contributed by atoms with Gasteiger partial charge in [0.1, 0.15) is 0 Å². The number of hydrogen-bond acceptors (Lipinski definition) is 4. The topological polar surface area (TPSA) is 64.0 Å². The Labute approximate surface area is 169 Å². The third-order valence-corrected chi connectivity index (χ3v) is 5.15. The summed E-state index contributed by atoms with van der Waals surface area (Å²) in [6.45, 7) is 0. The maximum Gasteiger partial charge on any atom is 0.280 e. The van der Waals surface area contributed by atoms with Crippen molar-refractivity contribution in [3.8, 4) is 10.7 Å². The number of rotatable bonds is 4. The van der Waals surface area contributed by atoms with Gasteiger partial charge in [-0.05, 0) is 47.4 Å². The van der Waals surface area contributed by atoms with Crippen molar-refractivity contribution < 1.29 is 4.79 Å². The van der Waals surface area contributed by atoms with Crippen molar-refractivity contribution in [3.63, 3.8) is 0 Å². The summed E-state index contributed by atoms with van der Waals surface area (Å²) in [5.41, 5.74) is 3.71. The highest BCUT2D eigenvalue weighted by Gasteiger charge is 2.14. The van der Waals surface area contributed by atoms with Crippen molar-refractivity contribution in [2.24, 2.45) is 0 Å². The highest BCUT2D eigenvalue weighted by molar-refractivity contribution is 7.13. The molecule has 0 saturated carbocycles. The van der Waals surface area contributed by atoms with Crippen molar-refractivity contribution in [3.05, 3.63) is 93.1 Å². The van der Waals surface area contributed by atoms with Gasteiger partial charge >= 0.3 is 0 Å². The molecule has 2 aromatic carbocycles. The van der Waals surface area contributed by atoms with E-state index < -0.39 is 5.91 Å². The fraction of sp³-hybridized carbons (Fsp3) is 0. The Morgan fingerprint density at radius 3 is 2.61 bits per heavy atom. The second kappa shape index (κ2) is 7.80. The van der Waals surface area contributed by atoms with Crippen LogP contribution >= 0.6 is 22.9 Å². The van der Waals surface area contributed by atoms with Crippen LogP contribution in [0.4, 0.5) is 0 Å². The third-order valence-electron chi connectivity index (χ3n) is 4.04. The molecule has 2 heterocycles. The fourth-order valence-corrected chi connectivity index (χ4v) is 3.53. The van der Waals surface area contributed by atoms with Crippen molar-refractivity contribution in [1.29, 1.82) is 0 Å². The Kier molecular flexibility index (Phi) is 5.06. The van der Waals surface area contributed by atoms with Crippen molar-refractivity contribution >= 4 is 45.8 Å². The van der Waals surface area contributed by atoms with Gasteiger partial charge in [-0.3, -0.25) is 15.0 Å². The molecule has 2 aromatic heterocycles. The zero-order valence-electron chi connectivity index (χ0n) is 14.5. The van der Waals surface area contributed by atoms with Crippen molar-refractivity contribution in [1.82, 2.24) is 9.66 Å². The smallest absolute Gasteiger partial charge is 0.268 e. The Hall–Kier alpha value is -3.22. The summed E-state index contributed by atoms with van der Waals surface area (Å²) in [5.74, 6) is -0.0427. The van der Waals surface area contributed by atoms with Gasteiger partial charge in [0.2, 0.25) is 0 Å². The molecule has 4 aromatic rings. The average molecular weight is 408 g/mol. The summed E-state index contributed by atoms with van der Waals surface area (Å²) in [6.07, 6.45) is 3.01. The Bertz CT molecular complexity index is 1230. The second-order valence-corrected chi connectivity index (χ2v) is 7.32. The molecule has 4 rings (SSSR count). The number of carbonyl (C=O) groups excluding carboxylic acids is 1. The zero-order chi connectivity index (χ0) is 19.5. The van der Waals surface area contributed by atoms with E-state index in [0.29, 0.717) is 21.7 Å². The molecule has 0 spiro atoms. The van der Waals surface area contributed by atoms with E-state index in [1.165, 1.54) is 22.1 Å². The van der Waals surface area contributed by atoms with Crippen LogP contribution in [0.3, 0.4) is 0 Å². The van der Waals surface area contributed by atoms with E-state index in [9.17, 15) is 9.59 Å². The lowest BCUT2D eigenvalue weighted by molar-refractivity contribution is -0.112. The molecule has 0 aliphatic carbocycles. The van der Waals surface area contributed by atoms with Gasteiger partial charge in [0.05, 0.1) is 15.8 Å². The molecular weight excluding hydrogens is 394 g/mol. The quantitative estimate of drug-likeness (QED) is 0.504. The average Bonchev–Trinajstić information content (AvgIpc) is 3.24. The van der Waals surface area contributed by atoms with Gasteiger partial charge in [0, 0.05) is 11.1 Å². The van der Waals surface area contributed by atoms with E-state index in [2.05, 4.69) is 10.4 Å². The first-order chi connectivity index (χ1) is 13.6. The number of amides is 1. The fourth-order valence-electron chi connectivity index (χ4n) is 2.70. The van der Waals surface area contributed by atoms with Crippen LogP contribution in [0.2, 0.25) is 5.02 Å². The number of benzene rings is 2. The molecule has 28 heavy (non-hydrogen) atoms. The van der Waals surface area contributed by atoms with Crippen LogP contribution in [0, 0.1) is 0 Å². The van der Waals surface area contributed by atoms with E-state index in [1.807, 2.05) is 23.6 Å². The van der Waals surface area contributed by atoms with E-state index in [0.717, 1.165) is 10.4 Å². The number of halogens is 1. The van der Waals surface area contributed by atoms with E-state index >= 15 is 0 Å². The molecule has 5 nitrogen and oxygen atoms in total. The number of para-hydroxylation sites is 1. The molecule has 0 atom stereocenters. The molecule has 138 valence electrons. The first-order valence-corrected chi connectivity index (χ1v) is 9.68. The van der Waals surface area contributed by atoms with Gasteiger partial charge in [-0.15, -0.1) is 11.3 Å². The molecular formula is C21H14ClN3O2S. The molecule has 0 aliphatic heterocycles. The van der Waals surface area contributed by atoms with Crippen LogP contribution < -0.4 is 11.0 Å². The Morgan fingerprint density at radius 2 is 1.86 bits per heavy atom. The minimum absolute atomic E-state index is 0.331. The Morgan fingerprint density at radius 1 is 1.07 bits per heavy atom. The van der Waals surface area contributed by atoms with Crippen molar-refractivity contribution in [2.75, 3.05) is 5.43 Å². The number of nitrogens with one attached hydrogen (secondary N) is 1. The highest BCUT2D eigenvalue weighted by atomic mass is 35.5. The van der Waals surface area contributed by atoms with Crippen LogP contribution in [-0.4, -0.2) is 15.6 Å². The number of hydrogen-bond donors (Lipinski definition) is 1. The molecule has 0 aliphatic rings. The SMILES string of the molecule is O=C(/C=C/c1ccc(Cl)cc1)Nn1c(-c2cccs2)nc2ccccc2c1=O. The zero-order valence-corrected chi connectivity index (χ0v) is 16.1. The molecule has 0 radical (unpaired) electrons. The molecule has 0 fully saturated rings. The predicted molar refractivity (Wildman–Crippen MR) is 114 cm³/mol. The predicted octanol–water partition coefficient (Wildman–Crippen LogP) is 4.56. The standard InChI is InChI=1S/C21H14ClN3O2S/c22-15-10-7-14(8-11-15)9-12-19(26)24-25-20(18-6-3-13-28-18)23-17-5-2-1-4-16(17)21(25)27/h1-13H,(H,24,26)/b12-9+. The van der Waals surface area contributed by atoms with Gasteiger partial charge < -0.3 is 0 Å². The molecule has 1 N–H and O–H groups in total. The van der Waals surface area contributed by atoms with Crippen LogP contribution in [0.15, 0.2) is 76.9 Å². The number of aromatic nitrogens is 2. The van der Waals surface area contributed by atoms with Crippen molar-refractivity contribution in [2.45, 2.75) is 0 Å². The molecule has 1 amide bonds. The van der Waals surface area contributed by atoms with Gasteiger partial charge in [-0.1, -0.05) is 41.9 Å². The van der Waals surface area contributed by atoms with E-state index in [4.69, 9.17) is 11.6 Å². The summed E-state index contributed by atoms with van der Waals surface area (Å²) in [7, 11) is 0. The van der Waals surface area contributed by atoms with Gasteiger partial charge in [0.25, 0.3) is 11.5 Å². The highest BCUT2D eigenvalue weighted by Crippen LogP contribution is 2.23. The van der Waals surface area contributed by atoms with Gasteiger partial charge in [-0.2, -0.15) is 4.68 Å². The first-order valence-electron chi connectivity index (χ1n) is 8.42. The summed E-state index contributed by atoms with van der Waals surface area (Å²) < 4.78 is 1.20. The molecule has 0 bridgehead atoms. The lowest BCUT2D eigenvalue weighted by atomic mass is 10.2. The molecule has 7 heteroatoms. The monoisotopic (exact) mass is 407 g/mol.